The lowest BCUT2D eigenvalue weighted by molar-refractivity contribution is 0.580. The zero-order valence-corrected chi connectivity index (χ0v) is 11.2. The molecule has 2 N–H and O–H groups in total. The maximum atomic E-state index is 12.6. The van der Waals surface area contributed by atoms with Gasteiger partial charge in [-0.2, -0.15) is 4.98 Å². The highest BCUT2D eigenvalue weighted by Crippen LogP contribution is 2.27. The molecule has 0 aliphatic carbocycles. The molecule has 0 saturated heterocycles. The standard InChI is InChI=1S/C14H13N3OS/c1-17-12-8-4-3-7-11(12)16-14(17)19(18)13-9-5-2-6-10(13)15/h2-9H,15H2,1H3. The van der Waals surface area contributed by atoms with Crippen molar-refractivity contribution in [2.24, 2.45) is 7.05 Å². The molecule has 1 heterocycles. The van der Waals surface area contributed by atoms with Gasteiger partial charge < -0.3 is 10.3 Å². The van der Waals surface area contributed by atoms with Gasteiger partial charge in [0.15, 0.2) is 4.90 Å². The number of anilines is 1. The van der Waals surface area contributed by atoms with Gasteiger partial charge in [0.25, 0.3) is 0 Å². The van der Waals surface area contributed by atoms with Gasteiger partial charge in [-0.1, -0.05) is 24.3 Å². The predicted octanol–water partition coefficient (Wildman–Crippen LogP) is 2.32. The van der Waals surface area contributed by atoms with Crippen molar-refractivity contribution >= 4 is 27.9 Å². The SMILES string of the molecule is Cn1c([S+]([O-])c2ccccc2N)nc2ccccc21. The van der Waals surface area contributed by atoms with Gasteiger partial charge in [-0.25, -0.2) is 0 Å². The first-order valence-electron chi connectivity index (χ1n) is 5.86. The number of hydrogen-bond donors (Lipinski definition) is 1. The summed E-state index contributed by atoms with van der Waals surface area (Å²) in [5.74, 6) is 0. The fourth-order valence-electron chi connectivity index (χ4n) is 2.04. The third kappa shape index (κ3) is 1.97. The van der Waals surface area contributed by atoms with E-state index in [4.69, 9.17) is 5.73 Å². The largest absolute Gasteiger partial charge is 0.604 e. The normalized spacial score (nSPS) is 12.7. The summed E-state index contributed by atoms with van der Waals surface area (Å²) in [6.07, 6.45) is 0. The van der Waals surface area contributed by atoms with Crippen LogP contribution in [0.2, 0.25) is 0 Å². The molecule has 0 amide bonds. The Kier molecular flexibility index (Phi) is 2.93. The van der Waals surface area contributed by atoms with E-state index in [-0.39, 0.29) is 0 Å². The number of nitrogens with two attached hydrogens (primary N) is 1. The molecule has 0 bridgehead atoms. The Morgan fingerprint density at radius 1 is 1.11 bits per heavy atom. The molecule has 1 unspecified atom stereocenters. The minimum atomic E-state index is -1.38. The van der Waals surface area contributed by atoms with Crippen LogP contribution >= 0.6 is 0 Å². The number of hydrogen-bond acceptors (Lipinski definition) is 3. The van der Waals surface area contributed by atoms with Crippen molar-refractivity contribution < 1.29 is 4.55 Å². The van der Waals surface area contributed by atoms with Crippen LogP contribution in [0, 0.1) is 0 Å². The average molecular weight is 271 g/mol. The van der Waals surface area contributed by atoms with Crippen molar-refractivity contribution in [3.05, 3.63) is 48.5 Å². The number of para-hydroxylation sites is 3. The van der Waals surface area contributed by atoms with Gasteiger partial charge in [0, 0.05) is 7.05 Å². The Morgan fingerprint density at radius 3 is 2.53 bits per heavy atom. The molecule has 19 heavy (non-hydrogen) atoms. The highest BCUT2D eigenvalue weighted by atomic mass is 32.2. The van der Waals surface area contributed by atoms with Crippen molar-refractivity contribution in [2.45, 2.75) is 10.1 Å². The fraction of sp³-hybridized carbons (Fsp3) is 0.0714. The molecule has 1 atom stereocenters. The predicted molar refractivity (Wildman–Crippen MR) is 76.2 cm³/mol. The maximum absolute atomic E-state index is 12.6. The van der Waals surface area contributed by atoms with E-state index in [0.717, 1.165) is 11.0 Å². The van der Waals surface area contributed by atoms with Crippen LogP contribution in [0.1, 0.15) is 0 Å². The Morgan fingerprint density at radius 2 is 1.79 bits per heavy atom. The Balaban J connectivity index is 2.14. The molecule has 2 aromatic carbocycles. The average Bonchev–Trinajstić information content (AvgIpc) is 2.77. The molecule has 0 spiro atoms. The maximum Gasteiger partial charge on any atom is 0.329 e. The lowest BCUT2D eigenvalue weighted by Gasteiger charge is -2.10. The molecule has 3 rings (SSSR count). The Labute approximate surface area is 114 Å². The second-order valence-corrected chi connectivity index (χ2v) is 5.59. The van der Waals surface area contributed by atoms with Crippen LogP contribution in [0.25, 0.3) is 11.0 Å². The molecule has 4 nitrogen and oxygen atoms in total. The third-order valence-electron chi connectivity index (χ3n) is 3.03. The Hall–Kier alpha value is -1.98. The van der Waals surface area contributed by atoms with Crippen LogP contribution < -0.4 is 5.73 Å². The highest BCUT2D eigenvalue weighted by molar-refractivity contribution is 7.91. The highest BCUT2D eigenvalue weighted by Gasteiger charge is 2.24. The van der Waals surface area contributed by atoms with Gasteiger partial charge in [-0.05, 0) is 24.3 Å². The van der Waals surface area contributed by atoms with Crippen LogP contribution in [-0.4, -0.2) is 14.1 Å². The molecule has 0 fully saturated rings. The van der Waals surface area contributed by atoms with E-state index in [0.29, 0.717) is 15.7 Å². The quantitative estimate of drug-likeness (QED) is 0.574. The topological polar surface area (TPSA) is 66.9 Å². The summed E-state index contributed by atoms with van der Waals surface area (Å²) in [4.78, 5) is 5.03. The van der Waals surface area contributed by atoms with E-state index >= 15 is 0 Å². The second kappa shape index (κ2) is 4.60. The van der Waals surface area contributed by atoms with E-state index < -0.39 is 11.2 Å². The number of rotatable bonds is 2. The number of fused-ring (bicyclic) bond motifs is 1. The van der Waals surface area contributed by atoms with Gasteiger partial charge in [0.05, 0.1) is 27.9 Å². The summed E-state index contributed by atoms with van der Waals surface area (Å²) < 4.78 is 14.5. The Bertz CT molecular complexity index is 738. The van der Waals surface area contributed by atoms with Crippen molar-refractivity contribution in [3.63, 3.8) is 0 Å². The summed E-state index contributed by atoms with van der Waals surface area (Å²) in [6, 6.07) is 14.9. The number of imidazole rings is 1. The van der Waals surface area contributed by atoms with E-state index in [1.165, 1.54) is 0 Å². The van der Waals surface area contributed by atoms with Crippen molar-refractivity contribution in [2.75, 3.05) is 5.73 Å². The number of nitrogens with zero attached hydrogens (tertiary/aromatic N) is 2. The van der Waals surface area contributed by atoms with Gasteiger partial charge >= 0.3 is 5.16 Å². The second-order valence-electron chi connectivity index (χ2n) is 4.25. The first-order valence-corrected chi connectivity index (χ1v) is 7.01. The molecule has 3 aromatic rings. The van der Waals surface area contributed by atoms with Gasteiger partial charge in [-0.15, -0.1) is 0 Å². The summed E-state index contributed by atoms with van der Waals surface area (Å²) in [7, 11) is 1.86. The van der Waals surface area contributed by atoms with Crippen LogP contribution in [0.15, 0.2) is 58.6 Å². The number of aryl methyl sites for hydroxylation is 1. The monoisotopic (exact) mass is 271 g/mol. The van der Waals surface area contributed by atoms with Crippen LogP contribution in [0.5, 0.6) is 0 Å². The van der Waals surface area contributed by atoms with Crippen molar-refractivity contribution in [1.82, 2.24) is 9.55 Å². The third-order valence-corrected chi connectivity index (χ3v) is 4.50. The number of nitrogen functional groups attached to an aromatic ring is 1. The van der Waals surface area contributed by atoms with Crippen LogP contribution in [0.4, 0.5) is 5.69 Å². The van der Waals surface area contributed by atoms with Gasteiger partial charge in [0.1, 0.15) is 0 Å². The number of benzene rings is 2. The molecule has 5 heteroatoms. The molecule has 0 saturated carbocycles. The van der Waals surface area contributed by atoms with Crippen LogP contribution in [0.3, 0.4) is 0 Å². The summed E-state index contributed by atoms with van der Waals surface area (Å²) in [6.45, 7) is 0. The van der Waals surface area contributed by atoms with Crippen molar-refractivity contribution in [3.8, 4) is 0 Å². The zero-order valence-electron chi connectivity index (χ0n) is 10.4. The molecule has 96 valence electrons. The summed E-state index contributed by atoms with van der Waals surface area (Å²) in [5.41, 5.74) is 8.19. The summed E-state index contributed by atoms with van der Waals surface area (Å²) in [5, 5.41) is 0.513. The molecule has 0 aliphatic heterocycles. The first-order chi connectivity index (χ1) is 9.18. The first kappa shape index (κ1) is 12.1. The molecular formula is C14H13N3OS. The van der Waals surface area contributed by atoms with Crippen molar-refractivity contribution in [1.29, 1.82) is 0 Å². The van der Waals surface area contributed by atoms with Gasteiger partial charge in [0.2, 0.25) is 0 Å². The smallest absolute Gasteiger partial charge is 0.329 e. The molecule has 0 aliphatic rings. The fourth-order valence-corrected chi connectivity index (χ4v) is 3.25. The minimum Gasteiger partial charge on any atom is -0.604 e. The van der Waals surface area contributed by atoms with E-state index in [2.05, 4.69) is 4.98 Å². The lowest BCUT2D eigenvalue weighted by atomic mass is 10.3. The lowest BCUT2D eigenvalue weighted by Crippen LogP contribution is -2.10. The number of aromatic nitrogens is 2. The van der Waals surface area contributed by atoms with Gasteiger partial charge in [-0.3, -0.25) is 4.57 Å². The van der Waals surface area contributed by atoms with E-state index in [1.54, 1.807) is 12.1 Å². The van der Waals surface area contributed by atoms with Crippen LogP contribution in [-0.2, 0) is 18.2 Å². The molecular weight excluding hydrogens is 258 g/mol. The van der Waals surface area contributed by atoms with E-state index in [1.807, 2.05) is 48.0 Å². The molecule has 1 aromatic heterocycles. The zero-order chi connectivity index (χ0) is 13.4. The minimum absolute atomic E-state index is 0.513. The van der Waals surface area contributed by atoms with E-state index in [9.17, 15) is 4.55 Å². The summed E-state index contributed by atoms with van der Waals surface area (Å²) >= 11 is -1.38. The molecule has 0 radical (unpaired) electrons.